The van der Waals surface area contributed by atoms with Crippen LogP contribution in [0.5, 0.6) is 0 Å². The molecule has 1 aliphatic rings. The van der Waals surface area contributed by atoms with Gasteiger partial charge in [-0.25, -0.2) is 0 Å². The maximum atomic E-state index is 11.0. The third-order valence-corrected chi connectivity index (χ3v) is 3.08. The van der Waals surface area contributed by atoms with Gasteiger partial charge >= 0.3 is 5.97 Å². The van der Waals surface area contributed by atoms with Gasteiger partial charge in [0.05, 0.1) is 13.5 Å². The van der Waals surface area contributed by atoms with Gasteiger partial charge in [-0.2, -0.15) is 0 Å². The first-order chi connectivity index (χ1) is 7.70. The number of H-pyrrole nitrogens is 1. The molecule has 2 rings (SSSR count). The molecule has 1 atom stereocenters. The molecule has 0 aliphatic heterocycles. The highest BCUT2D eigenvalue weighted by atomic mass is 16.5. The zero-order valence-corrected chi connectivity index (χ0v) is 9.45. The van der Waals surface area contributed by atoms with E-state index in [1.54, 1.807) is 0 Å². The lowest BCUT2D eigenvalue weighted by atomic mass is 9.98. The molecule has 4 heteroatoms. The van der Waals surface area contributed by atoms with Crippen molar-refractivity contribution in [3.05, 3.63) is 23.0 Å². The van der Waals surface area contributed by atoms with Crippen molar-refractivity contribution in [3.8, 4) is 0 Å². The van der Waals surface area contributed by atoms with Crippen molar-refractivity contribution in [1.82, 2.24) is 4.98 Å². The smallest absolute Gasteiger partial charge is 0.308 e. The molecule has 0 fully saturated rings. The van der Waals surface area contributed by atoms with Crippen molar-refractivity contribution in [2.75, 3.05) is 7.11 Å². The summed E-state index contributed by atoms with van der Waals surface area (Å²) in [6.45, 7) is 0. The maximum absolute atomic E-state index is 11.0. The summed E-state index contributed by atoms with van der Waals surface area (Å²) in [5.74, 6) is -0.389. The van der Waals surface area contributed by atoms with Gasteiger partial charge in [0, 0.05) is 11.4 Å². The molecule has 0 aromatic carbocycles. The monoisotopic (exact) mass is 223 g/mol. The van der Waals surface area contributed by atoms with E-state index in [4.69, 9.17) is 0 Å². The van der Waals surface area contributed by atoms with Crippen molar-refractivity contribution in [3.63, 3.8) is 0 Å². The van der Waals surface area contributed by atoms with E-state index in [1.807, 2.05) is 6.07 Å². The number of aliphatic hydroxyl groups excluding tert-OH is 1. The average Bonchev–Trinajstić information content (AvgIpc) is 2.72. The molecule has 4 nitrogen and oxygen atoms in total. The summed E-state index contributed by atoms with van der Waals surface area (Å²) in [5.41, 5.74) is 3.23. The van der Waals surface area contributed by atoms with E-state index in [0.717, 1.165) is 18.5 Å². The SMILES string of the molecule is COC(=O)C[C@H](O)c1cc2c([nH]1)CCCC2. The number of hydrogen-bond acceptors (Lipinski definition) is 3. The van der Waals surface area contributed by atoms with Gasteiger partial charge in [-0.15, -0.1) is 0 Å². The summed E-state index contributed by atoms with van der Waals surface area (Å²) in [5, 5.41) is 9.84. The van der Waals surface area contributed by atoms with E-state index in [9.17, 15) is 9.90 Å². The number of carbonyl (C=O) groups is 1. The number of aliphatic hydroxyl groups is 1. The minimum Gasteiger partial charge on any atom is -0.469 e. The lowest BCUT2D eigenvalue weighted by molar-refractivity contribution is -0.142. The van der Waals surface area contributed by atoms with Crippen LogP contribution in [0.1, 0.15) is 42.3 Å². The highest BCUT2D eigenvalue weighted by Crippen LogP contribution is 2.25. The van der Waals surface area contributed by atoms with Crippen molar-refractivity contribution >= 4 is 5.97 Å². The van der Waals surface area contributed by atoms with Crippen LogP contribution in [-0.2, 0) is 22.4 Å². The van der Waals surface area contributed by atoms with Crippen molar-refractivity contribution in [2.24, 2.45) is 0 Å². The van der Waals surface area contributed by atoms with Crippen LogP contribution in [0.2, 0.25) is 0 Å². The van der Waals surface area contributed by atoms with Crippen molar-refractivity contribution in [2.45, 2.75) is 38.2 Å². The number of aryl methyl sites for hydroxylation is 2. The number of rotatable bonds is 3. The predicted molar refractivity (Wildman–Crippen MR) is 59.0 cm³/mol. The summed E-state index contributed by atoms with van der Waals surface area (Å²) >= 11 is 0. The van der Waals surface area contributed by atoms with Gasteiger partial charge in [-0.3, -0.25) is 4.79 Å². The molecule has 16 heavy (non-hydrogen) atoms. The summed E-state index contributed by atoms with van der Waals surface area (Å²) in [4.78, 5) is 14.2. The number of hydrogen-bond donors (Lipinski definition) is 2. The van der Waals surface area contributed by atoms with E-state index in [0.29, 0.717) is 0 Å². The van der Waals surface area contributed by atoms with Crippen LogP contribution in [0.25, 0.3) is 0 Å². The third-order valence-electron chi connectivity index (χ3n) is 3.08. The second kappa shape index (κ2) is 4.70. The van der Waals surface area contributed by atoms with Gasteiger partial charge in [0.25, 0.3) is 0 Å². The first-order valence-corrected chi connectivity index (χ1v) is 5.66. The Hall–Kier alpha value is -1.29. The molecule has 0 amide bonds. The van der Waals surface area contributed by atoms with E-state index in [2.05, 4.69) is 9.72 Å². The van der Waals surface area contributed by atoms with E-state index in [1.165, 1.54) is 31.2 Å². The van der Waals surface area contributed by atoms with Crippen molar-refractivity contribution < 1.29 is 14.6 Å². The molecular weight excluding hydrogens is 206 g/mol. The minimum atomic E-state index is -0.780. The van der Waals surface area contributed by atoms with Crippen LogP contribution in [-0.4, -0.2) is 23.2 Å². The van der Waals surface area contributed by atoms with Crippen LogP contribution >= 0.6 is 0 Å². The maximum Gasteiger partial charge on any atom is 0.308 e. The fourth-order valence-electron chi connectivity index (χ4n) is 2.16. The van der Waals surface area contributed by atoms with Gasteiger partial charge in [0.15, 0.2) is 0 Å². The predicted octanol–water partition coefficient (Wildman–Crippen LogP) is 1.49. The Balaban J connectivity index is 2.08. The van der Waals surface area contributed by atoms with Gasteiger partial charge in [0.1, 0.15) is 6.10 Å². The first-order valence-electron chi connectivity index (χ1n) is 5.66. The second-order valence-corrected chi connectivity index (χ2v) is 4.23. The number of ether oxygens (including phenoxy) is 1. The Morgan fingerprint density at radius 1 is 1.56 bits per heavy atom. The molecule has 2 N–H and O–H groups in total. The second-order valence-electron chi connectivity index (χ2n) is 4.23. The number of aromatic nitrogens is 1. The standard InChI is InChI=1S/C12H17NO3/c1-16-12(15)7-11(14)10-6-8-4-2-3-5-9(8)13-10/h6,11,13-14H,2-5,7H2,1H3/t11-/m0/s1. The molecule has 0 bridgehead atoms. The molecule has 0 saturated carbocycles. The molecule has 1 aliphatic carbocycles. The average molecular weight is 223 g/mol. The van der Waals surface area contributed by atoms with E-state index in [-0.39, 0.29) is 12.4 Å². The molecule has 1 aromatic rings. The molecular formula is C12H17NO3. The molecule has 1 heterocycles. The lowest BCUT2D eigenvalue weighted by Crippen LogP contribution is -2.08. The van der Waals surface area contributed by atoms with Crippen molar-refractivity contribution in [1.29, 1.82) is 0 Å². The van der Waals surface area contributed by atoms with Gasteiger partial charge in [-0.1, -0.05) is 0 Å². The van der Waals surface area contributed by atoms with Crippen LogP contribution in [0.15, 0.2) is 6.07 Å². The van der Waals surface area contributed by atoms with Crippen LogP contribution < -0.4 is 0 Å². The zero-order chi connectivity index (χ0) is 11.5. The summed E-state index contributed by atoms with van der Waals surface area (Å²) in [6.07, 6.45) is 3.74. The minimum absolute atomic E-state index is 0.00981. The Kier molecular flexibility index (Phi) is 3.29. The number of carbonyl (C=O) groups excluding carboxylic acids is 1. The zero-order valence-electron chi connectivity index (χ0n) is 9.45. The molecule has 0 saturated heterocycles. The first kappa shape index (κ1) is 11.2. The van der Waals surface area contributed by atoms with Crippen LogP contribution in [0.4, 0.5) is 0 Å². The molecule has 88 valence electrons. The fourth-order valence-corrected chi connectivity index (χ4v) is 2.16. The lowest BCUT2D eigenvalue weighted by Gasteiger charge is -2.09. The van der Waals surface area contributed by atoms with Crippen LogP contribution in [0.3, 0.4) is 0 Å². The topological polar surface area (TPSA) is 62.3 Å². The van der Waals surface area contributed by atoms with Gasteiger partial charge < -0.3 is 14.8 Å². The van der Waals surface area contributed by atoms with Gasteiger partial charge in [0.2, 0.25) is 0 Å². The Bertz CT molecular complexity index is 360. The normalized spacial score (nSPS) is 16.6. The molecule has 0 spiro atoms. The molecule has 1 aromatic heterocycles. The number of aromatic amines is 1. The fraction of sp³-hybridized carbons (Fsp3) is 0.583. The number of fused-ring (bicyclic) bond motifs is 1. The highest BCUT2D eigenvalue weighted by molar-refractivity contribution is 5.69. The Morgan fingerprint density at radius 2 is 2.31 bits per heavy atom. The Morgan fingerprint density at radius 3 is 3.00 bits per heavy atom. The third kappa shape index (κ3) is 2.27. The largest absolute Gasteiger partial charge is 0.469 e. The van der Waals surface area contributed by atoms with Crippen LogP contribution in [0, 0.1) is 0 Å². The quantitative estimate of drug-likeness (QED) is 0.763. The summed E-state index contributed by atoms with van der Waals surface area (Å²) in [7, 11) is 1.33. The van der Waals surface area contributed by atoms with E-state index < -0.39 is 6.10 Å². The van der Waals surface area contributed by atoms with Gasteiger partial charge in [-0.05, 0) is 37.3 Å². The number of methoxy groups -OCH3 is 1. The molecule has 0 radical (unpaired) electrons. The summed E-state index contributed by atoms with van der Waals surface area (Å²) in [6, 6.07) is 1.97. The highest BCUT2D eigenvalue weighted by Gasteiger charge is 2.19. The molecule has 0 unspecified atom stereocenters. The number of esters is 1. The van der Waals surface area contributed by atoms with E-state index >= 15 is 0 Å². The Labute approximate surface area is 94.6 Å². The number of nitrogens with one attached hydrogen (secondary N) is 1. The summed E-state index contributed by atoms with van der Waals surface area (Å²) < 4.78 is 4.53.